The van der Waals surface area contributed by atoms with Gasteiger partial charge in [0.15, 0.2) is 5.96 Å². The lowest BCUT2D eigenvalue weighted by atomic mass is 10.1. The van der Waals surface area contributed by atoms with Crippen LogP contribution >= 0.6 is 15.9 Å². The van der Waals surface area contributed by atoms with Crippen LogP contribution in [0.5, 0.6) is 0 Å². The third-order valence-electron chi connectivity index (χ3n) is 3.73. The summed E-state index contributed by atoms with van der Waals surface area (Å²) in [6, 6.07) is 4.90. The predicted molar refractivity (Wildman–Crippen MR) is 90.5 cm³/mol. The molecule has 1 heterocycles. The summed E-state index contributed by atoms with van der Waals surface area (Å²) in [7, 11) is 1.78. The van der Waals surface area contributed by atoms with Crippen molar-refractivity contribution in [2.24, 2.45) is 4.99 Å². The quantitative estimate of drug-likeness (QED) is 0.652. The highest BCUT2D eigenvalue weighted by Crippen LogP contribution is 2.16. The second-order valence-corrected chi connectivity index (χ2v) is 6.24. The lowest BCUT2D eigenvalue weighted by Gasteiger charge is -2.34. The highest BCUT2D eigenvalue weighted by molar-refractivity contribution is 9.10. The first-order chi connectivity index (χ1) is 10.6. The topological polar surface area (TPSA) is 36.9 Å². The monoisotopic (exact) mass is 371 g/mol. The number of hydrogen-bond acceptors (Lipinski definition) is 2. The Kier molecular flexibility index (Phi) is 6.64. The molecule has 0 atom stereocenters. The van der Waals surface area contributed by atoms with Gasteiger partial charge in [-0.05, 0) is 43.5 Å². The van der Waals surface area contributed by atoms with E-state index in [1.807, 2.05) is 13.0 Å². The maximum Gasteiger partial charge on any atom is 0.193 e. The number of ether oxygens (including phenoxy) is 1. The van der Waals surface area contributed by atoms with Gasteiger partial charge in [0.2, 0.25) is 0 Å². The third-order valence-corrected chi connectivity index (χ3v) is 4.19. The lowest BCUT2D eigenvalue weighted by Crippen LogP contribution is -2.46. The van der Waals surface area contributed by atoms with Crippen LogP contribution in [0.3, 0.4) is 0 Å². The highest BCUT2D eigenvalue weighted by atomic mass is 79.9. The lowest BCUT2D eigenvalue weighted by molar-refractivity contribution is 0.0263. The SMILES string of the molecule is CCOC1CCN(C(=NC)NCc2cc(F)cc(Br)c2)CC1. The molecule has 1 aliphatic rings. The van der Waals surface area contributed by atoms with E-state index in [-0.39, 0.29) is 5.82 Å². The van der Waals surface area contributed by atoms with E-state index in [0.717, 1.165) is 48.5 Å². The molecule has 122 valence electrons. The van der Waals surface area contributed by atoms with E-state index < -0.39 is 0 Å². The minimum Gasteiger partial charge on any atom is -0.378 e. The van der Waals surface area contributed by atoms with Gasteiger partial charge in [0.05, 0.1) is 6.10 Å². The van der Waals surface area contributed by atoms with Gasteiger partial charge in [0.25, 0.3) is 0 Å². The van der Waals surface area contributed by atoms with Gasteiger partial charge in [0, 0.05) is 37.8 Å². The van der Waals surface area contributed by atoms with Gasteiger partial charge in [-0.2, -0.15) is 0 Å². The first kappa shape index (κ1) is 17.2. The molecule has 0 spiro atoms. The third kappa shape index (κ3) is 4.95. The molecule has 0 saturated carbocycles. The fourth-order valence-corrected chi connectivity index (χ4v) is 3.21. The van der Waals surface area contributed by atoms with Crippen LogP contribution in [-0.4, -0.2) is 43.7 Å². The van der Waals surface area contributed by atoms with E-state index >= 15 is 0 Å². The maximum absolute atomic E-state index is 13.4. The number of guanidine groups is 1. The zero-order valence-electron chi connectivity index (χ0n) is 13.1. The van der Waals surface area contributed by atoms with E-state index in [4.69, 9.17) is 4.74 Å². The molecule has 1 fully saturated rings. The Hall–Kier alpha value is -1.14. The molecule has 1 aromatic carbocycles. The van der Waals surface area contributed by atoms with Crippen molar-refractivity contribution in [2.75, 3.05) is 26.7 Å². The molecule has 22 heavy (non-hydrogen) atoms. The highest BCUT2D eigenvalue weighted by Gasteiger charge is 2.21. The molecule has 0 amide bonds. The number of hydrogen-bond donors (Lipinski definition) is 1. The standard InChI is InChI=1S/C16H23BrFN3O/c1-3-22-15-4-6-21(7-5-15)16(19-2)20-11-12-8-13(17)10-14(18)9-12/h8-10,15H,3-7,11H2,1-2H3,(H,19,20). The second-order valence-electron chi connectivity index (χ2n) is 5.32. The van der Waals surface area contributed by atoms with E-state index in [0.29, 0.717) is 12.6 Å². The molecular formula is C16H23BrFN3O. The molecule has 2 rings (SSSR count). The van der Waals surface area contributed by atoms with Crippen molar-refractivity contribution in [3.8, 4) is 0 Å². The van der Waals surface area contributed by atoms with Crippen molar-refractivity contribution in [3.63, 3.8) is 0 Å². The van der Waals surface area contributed by atoms with Crippen molar-refractivity contribution >= 4 is 21.9 Å². The van der Waals surface area contributed by atoms with Crippen LogP contribution in [0, 0.1) is 5.82 Å². The van der Waals surface area contributed by atoms with Crippen molar-refractivity contribution in [1.82, 2.24) is 10.2 Å². The van der Waals surface area contributed by atoms with Crippen LogP contribution in [-0.2, 0) is 11.3 Å². The van der Waals surface area contributed by atoms with E-state index in [1.165, 1.54) is 12.1 Å². The van der Waals surface area contributed by atoms with Crippen LogP contribution in [0.2, 0.25) is 0 Å². The summed E-state index contributed by atoms with van der Waals surface area (Å²) in [5.74, 6) is 0.619. The largest absolute Gasteiger partial charge is 0.378 e. The molecule has 1 aliphatic heterocycles. The molecule has 0 unspecified atom stereocenters. The Bertz CT molecular complexity index is 496. The molecule has 0 radical (unpaired) electrons. The fraction of sp³-hybridized carbons (Fsp3) is 0.562. The van der Waals surface area contributed by atoms with Gasteiger partial charge >= 0.3 is 0 Å². The summed E-state index contributed by atoms with van der Waals surface area (Å²) in [5, 5.41) is 3.30. The Morgan fingerprint density at radius 3 is 2.73 bits per heavy atom. The Balaban J connectivity index is 1.88. The van der Waals surface area contributed by atoms with Gasteiger partial charge in [-0.15, -0.1) is 0 Å². The number of nitrogens with one attached hydrogen (secondary N) is 1. The molecule has 1 N–H and O–H groups in total. The Labute approximate surface area is 139 Å². The molecule has 1 saturated heterocycles. The average molecular weight is 372 g/mol. The van der Waals surface area contributed by atoms with Gasteiger partial charge < -0.3 is 15.0 Å². The first-order valence-electron chi connectivity index (χ1n) is 7.64. The smallest absolute Gasteiger partial charge is 0.193 e. The molecule has 0 bridgehead atoms. The van der Waals surface area contributed by atoms with Crippen LogP contribution in [0.4, 0.5) is 4.39 Å². The van der Waals surface area contributed by atoms with E-state index in [2.05, 4.69) is 31.1 Å². The summed E-state index contributed by atoms with van der Waals surface area (Å²) in [6.45, 7) is 5.21. The zero-order chi connectivity index (χ0) is 15.9. The number of nitrogens with zero attached hydrogens (tertiary/aromatic N) is 2. The number of aliphatic imine (C=N–C) groups is 1. The number of halogens is 2. The van der Waals surface area contributed by atoms with Crippen LogP contribution in [0.25, 0.3) is 0 Å². The average Bonchev–Trinajstić information content (AvgIpc) is 2.49. The second kappa shape index (κ2) is 8.48. The number of likely N-dealkylation sites (tertiary alicyclic amines) is 1. The van der Waals surface area contributed by atoms with Crippen LogP contribution in [0.15, 0.2) is 27.7 Å². The number of piperidine rings is 1. The summed E-state index contributed by atoms with van der Waals surface area (Å²) >= 11 is 3.31. The van der Waals surface area contributed by atoms with Crippen molar-refractivity contribution in [3.05, 3.63) is 34.1 Å². The summed E-state index contributed by atoms with van der Waals surface area (Å²) in [5.41, 5.74) is 0.886. The molecule has 6 heteroatoms. The van der Waals surface area contributed by atoms with E-state index in [9.17, 15) is 4.39 Å². The van der Waals surface area contributed by atoms with Crippen molar-refractivity contribution in [2.45, 2.75) is 32.4 Å². The summed E-state index contributed by atoms with van der Waals surface area (Å²) < 4.78 is 19.8. The van der Waals surface area contributed by atoms with Crippen LogP contribution < -0.4 is 5.32 Å². The molecule has 0 aliphatic carbocycles. The molecular weight excluding hydrogens is 349 g/mol. The maximum atomic E-state index is 13.4. The summed E-state index contributed by atoms with van der Waals surface area (Å²) in [4.78, 5) is 6.55. The molecule has 4 nitrogen and oxygen atoms in total. The van der Waals surface area contributed by atoms with Crippen LogP contribution in [0.1, 0.15) is 25.3 Å². The number of benzene rings is 1. The first-order valence-corrected chi connectivity index (χ1v) is 8.43. The Morgan fingerprint density at radius 2 is 2.14 bits per heavy atom. The number of rotatable bonds is 4. The normalized spacial score (nSPS) is 16.9. The molecule has 0 aromatic heterocycles. The van der Waals surface area contributed by atoms with Crippen molar-refractivity contribution in [1.29, 1.82) is 0 Å². The van der Waals surface area contributed by atoms with Crippen molar-refractivity contribution < 1.29 is 9.13 Å². The minimum absolute atomic E-state index is 0.237. The Morgan fingerprint density at radius 1 is 1.41 bits per heavy atom. The van der Waals surface area contributed by atoms with Gasteiger partial charge in [0.1, 0.15) is 5.82 Å². The fourth-order valence-electron chi connectivity index (χ4n) is 2.70. The van der Waals surface area contributed by atoms with Gasteiger partial charge in [-0.1, -0.05) is 15.9 Å². The van der Waals surface area contributed by atoms with E-state index in [1.54, 1.807) is 7.05 Å². The molecule has 1 aromatic rings. The van der Waals surface area contributed by atoms with Gasteiger partial charge in [-0.3, -0.25) is 4.99 Å². The minimum atomic E-state index is -0.237. The summed E-state index contributed by atoms with van der Waals surface area (Å²) in [6.07, 6.45) is 2.39. The predicted octanol–water partition coefficient (Wildman–Crippen LogP) is 3.16. The zero-order valence-corrected chi connectivity index (χ0v) is 14.7. The van der Waals surface area contributed by atoms with Gasteiger partial charge in [-0.25, -0.2) is 4.39 Å².